The molecule has 5 rings (SSSR count). The minimum Gasteiger partial charge on any atom is -0.490 e. The number of carbonyl (C=O) groups excluding carboxylic acids is 1. The molecule has 1 amide bonds. The van der Waals surface area contributed by atoms with Crippen LogP contribution in [0.4, 0.5) is 10.1 Å². The van der Waals surface area contributed by atoms with E-state index in [9.17, 15) is 9.18 Å². The summed E-state index contributed by atoms with van der Waals surface area (Å²) in [6.07, 6.45) is 7.81. The van der Waals surface area contributed by atoms with Crippen LogP contribution in [0.3, 0.4) is 0 Å². The molecule has 0 atom stereocenters. The van der Waals surface area contributed by atoms with E-state index in [1.165, 1.54) is 18.6 Å². The molecular formula is C27H30FN7O3. The second-order valence-corrected chi connectivity index (χ2v) is 10.2. The molecular weight excluding hydrogens is 489 g/mol. The number of nitrogens with zero attached hydrogens (tertiary/aromatic N) is 5. The van der Waals surface area contributed by atoms with Crippen molar-refractivity contribution in [3.05, 3.63) is 60.7 Å². The molecule has 1 aliphatic rings. The number of hydrogen-bond acceptors (Lipinski definition) is 8. The van der Waals surface area contributed by atoms with Crippen LogP contribution in [0, 0.1) is 5.82 Å². The molecule has 1 fully saturated rings. The Bertz CT molecular complexity index is 1440. The van der Waals surface area contributed by atoms with Gasteiger partial charge in [-0.25, -0.2) is 14.4 Å². The minimum absolute atomic E-state index is 0.00302. The van der Waals surface area contributed by atoms with Crippen LogP contribution in [0.1, 0.15) is 39.3 Å². The van der Waals surface area contributed by atoms with Crippen LogP contribution in [-0.4, -0.2) is 49.8 Å². The minimum atomic E-state index is -0.656. The number of rotatable bonds is 7. The number of fused-ring (bicyclic) bond motifs is 1. The van der Waals surface area contributed by atoms with Gasteiger partial charge in [0.05, 0.1) is 46.6 Å². The van der Waals surface area contributed by atoms with Gasteiger partial charge in [0.2, 0.25) is 11.8 Å². The molecule has 11 heteroatoms. The Morgan fingerprint density at radius 2 is 1.95 bits per heavy atom. The lowest BCUT2D eigenvalue weighted by Gasteiger charge is -2.24. The van der Waals surface area contributed by atoms with Crippen LogP contribution in [0.2, 0.25) is 0 Å². The largest absolute Gasteiger partial charge is 0.490 e. The van der Waals surface area contributed by atoms with Crippen molar-refractivity contribution in [2.45, 2.75) is 51.7 Å². The first-order valence-electron chi connectivity index (χ1n) is 12.5. The van der Waals surface area contributed by atoms with Crippen LogP contribution in [0.15, 0.2) is 49.2 Å². The Morgan fingerprint density at radius 1 is 1.13 bits per heavy atom. The number of aromatic nitrogens is 5. The normalized spacial score (nSPS) is 14.4. The molecule has 1 saturated heterocycles. The van der Waals surface area contributed by atoms with Gasteiger partial charge in [-0.05, 0) is 64.9 Å². The maximum atomic E-state index is 14.9. The zero-order valence-electron chi connectivity index (χ0n) is 21.6. The van der Waals surface area contributed by atoms with Crippen molar-refractivity contribution in [2.75, 3.05) is 18.4 Å². The van der Waals surface area contributed by atoms with Crippen molar-refractivity contribution in [3.8, 4) is 17.4 Å². The van der Waals surface area contributed by atoms with Crippen LogP contribution < -0.4 is 20.1 Å². The number of benzene rings is 1. The van der Waals surface area contributed by atoms with Gasteiger partial charge in [0.15, 0.2) is 5.75 Å². The summed E-state index contributed by atoms with van der Waals surface area (Å²) in [5.41, 5.74) is 0.986. The van der Waals surface area contributed by atoms with Gasteiger partial charge < -0.3 is 20.1 Å². The SMILES string of the molecule is CC(C)(C)n1cc(NC(=O)Cc2ncc(Oc3ncnc4ccc(OC5CCNCC5)cc34)cc2F)cn1. The quantitative estimate of drug-likeness (QED) is 0.373. The van der Waals surface area contributed by atoms with Crippen molar-refractivity contribution in [1.82, 2.24) is 30.0 Å². The summed E-state index contributed by atoms with van der Waals surface area (Å²) in [7, 11) is 0. The van der Waals surface area contributed by atoms with E-state index in [0.717, 1.165) is 25.9 Å². The van der Waals surface area contributed by atoms with Gasteiger partial charge in [-0.2, -0.15) is 5.10 Å². The highest BCUT2D eigenvalue weighted by Gasteiger charge is 2.18. The summed E-state index contributed by atoms with van der Waals surface area (Å²) in [6, 6.07) is 6.73. The van der Waals surface area contributed by atoms with Gasteiger partial charge in [-0.15, -0.1) is 0 Å². The molecule has 0 radical (unpaired) electrons. The predicted molar refractivity (Wildman–Crippen MR) is 140 cm³/mol. The van der Waals surface area contributed by atoms with Crippen molar-refractivity contribution >= 4 is 22.5 Å². The van der Waals surface area contributed by atoms with Gasteiger partial charge >= 0.3 is 0 Å². The lowest BCUT2D eigenvalue weighted by Crippen LogP contribution is -2.34. The van der Waals surface area contributed by atoms with Crippen molar-refractivity contribution in [3.63, 3.8) is 0 Å². The summed E-state index contributed by atoms with van der Waals surface area (Å²) in [4.78, 5) is 25.1. The fraction of sp³-hybridized carbons (Fsp3) is 0.370. The van der Waals surface area contributed by atoms with Gasteiger partial charge in [-0.1, -0.05) is 0 Å². The molecule has 0 aliphatic carbocycles. The summed E-state index contributed by atoms with van der Waals surface area (Å²) in [6.45, 7) is 7.85. The Kier molecular flexibility index (Phi) is 7.19. The Balaban J connectivity index is 1.27. The van der Waals surface area contributed by atoms with Crippen molar-refractivity contribution in [2.24, 2.45) is 0 Å². The highest BCUT2D eigenvalue weighted by atomic mass is 19.1. The number of ether oxygens (including phenoxy) is 2. The number of hydrogen-bond donors (Lipinski definition) is 2. The number of amides is 1. The zero-order valence-corrected chi connectivity index (χ0v) is 21.6. The smallest absolute Gasteiger partial charge is 0.230 e. The van der Waals surface area contributed by atoms with E-state index in [2.05, 4.69) is 30.7 Å². The third-order valence-electron chi connectivity index (χ3n) is 6.15. The second kappa shape index (κ2) is 10.7. The number of nitrogens with one attached hydrogen (secondary N) is 2. The fourth-order valence-corrected chi connectivity index (χ4v) is 4.13. The molecule has 2 N–H and O–H groups in total. The molecule has 0 saturated carbocycles. The molecule has 38 heavy (non-hydrogen) atoms. The summed E-state index contributed by atoms with van der Waals surface area (Å²) in [5.74, 6) is 0.0526. The number of carbonyl (C=O) groups is 1. The van der Waals surface area contributed by atoms with E-state index >= 15 is 0 Å². The first kappa shape index (κ1) is 25.5. The van der Waals surface area contributed by atoms with Crippen molar-refractivity contribution in [1.29, 1.82) is 0 Å². The van der Waals surface area contributed by atoms with E-state index < -0.39 is 11.7 Å². The summed E-state index contributed by atoms with van der Waals surface area (Å²) < 4.78 is 28.6. The maximum absolute atomic E-state index is 14.9. The monoisotopic (exact) mass is 519 g/mol. The number of piperidine rings is 1. The molecule has 198 valence electrons. The first-order valence-corrected chi connectivity index (χ1v) is 12.5. The molecule has 0 bridgehead atoms. The average Bonchev–Trinajstić information content (AvgIpc) is 3.36. The van der Waals surface area contributed by atoms with Crippen LogP contribution in [0.25, 0.3) is 10.9 Å². The van der Waals surface area contributed by atoms with E-state index in [1.54, 1.807) is 17.1 Å². The fourth-order valence-electron chi connectivity index (χ4n) is 4.13. The highest BCUT2D eigenvalue weighted by molar-refractivity contribution is 5.91. The number of halogens is 1. The predicted octanol–water partition coefficient (Wildman–Crippen LogP) is 4.22. The Hall–Kier alpha value is -4.12. The molecule has 4 heterocycles. The summed E-state index contributed by atoms with van der Waals surface area (Å²) >= 11 is 0. The van der Waals surface area contributed by atoms with Gasteiger partial charge in [-0.3, -0.25) is 14.5 Å². The van der Waals surface area contributed by atoms with E-state index in [-0.39, 0.29) is 35.4 Å². The summed E-state index contributed by atoms with van der Waals surface area (Å²) in [5, 5.41) is 10.9. The third kappa shape index (κ3) is 6.05. The van der Waals surface area contributed by atoms with Crippen LogP contribution >= 0.6 is 0 Å². The average molecular weight is 520 g/mol. The second-order valence-electron chi connectivity index (χ2n) is 10.2. The van der Waals surface area contributed by atoms with Gasteiger partial charge in [0.25, 0.3) is 0 Å². The maximum Gasteiger partial charge on any atom is 0.230 e. The molecule has 0 unspecified atom stereocenters. The first-order chi connectivity index (χ1) is 18.2. The van der Waals surface area contributed by atoms with E-state index in [1.807, 2.05) is 39.0 Å². The van der Waals surface area contributed by atoms with Crippen molar-refractivity contribution < 1.29 is 18.7 Å². The standard InChI is InChI=1S/C27H30FN7O3/c1-27(2,3)35-15-17(13-33-35)34-25(36)12-24-22(28)11-20(14-30-24)38-26-21-10-19(4-5-23(21)31-16-32-26)37-18-6-8-29-9-7-18/h4-5,10-11,13-16,18,29H,6-9,12H2,1-3H3,(H,34,36). The highest BCUT2D eigenvalue weighted by Crippen LogP contribution is 2.30. The lowest BCUT2D eigenvalue weighted by atomic mass is 10.1. The molecule has 1 aromatic carbocycles. The Morgan fingerprint density at radius 3 is 2.68 bits per heavy atom. The third-order valence-corrected chi connectivity index (χ3v) is 6.15. The van der Waals surface area contributed by atoms with Gasteiger partial charge in [0, 0.05) is 12.3 Å². The Labute approximate surface area is 219 Å². The zero-order chi connectivity index (χ0) is 26.7. The molecule has 4 aromatic rings. The van der Waals surface area contributed by atoms with Gasteiger partial charge in [0.1, 0.15) is 24.0 Å². The molecule has 3 aromatic heterocycles. The number of pyridine rings is 1. The van der Waals surface area contributed by atoms with Crippen LogP contribution in [-0.2, 0) is 16.8 Å². The number of anilines is 1. The lowest BCUT2D eigenvalue weighted by molar-refractivity contribution is -0.115. The van der Waals surface area contributed by atoms with E-state index in [4.69, 9.17) is 9.47 Å². The van der Waals surface area contributed by atoms with Crippen LogP contribution in [0.5, 0.6) is 17.4 Å². The van der Waals surface area contributed by atoms with E-state index in [0.29, 0.717) is 22.3 Å². The molecule has 0 spiro atoms. The molecule has 10 nitrogen and oxygen atoms in total. The topological polar surface area (TPSA) is 116 Å². The molecule has 1 aliphatic heterocycles.